The average molecular weight is 325 g/mol. The molecule has 0 bridgehead atoms. The Hall–Kier alpha value is -1.53. The van der Waals surface area contributed by atoms with Crippen molar-refractivity contribution in [3.05, 3.63) is 29.3 Å². The monoisotopic (exact) mass is 324 g/mol. The lowest BCUT2D eigenvalue weighted by Crippen LogP contribution is -2.31. The summed E-state index contributed by atoms with van der Waals surface area (Å²) in [5.74, 6) is 1.06. The van der Waals surface area contributed by atoms with Crippen molar-refractivity contribution in [3.8, 4) is 11.4 Å². The van der Waals surface area contributed by atoms with Crippen LogP contribution in [0.15, 0.2) is 29.4 Å². The first-order chi connectivity index (χ1) is 9.97. The standard InChI is InChI=1S/C14H17ClN4OS/c1-9(2)16-12(20)8-21-14-18-17-13(19(14)3)10-4-6-11(15)7-5-10/h4-7,9H,8H2,1-3H3,(H,16,20). The van der Waals surface area contributed by atoms with Gasteiger partial charge >= 0.3 is 0 Å². The summed E-state index contributed by atoms with van der Waals surface area (Å²) < 4.78 is 1.87. The van der Waals surface area contributed by atoms with E-state index in [2.05, 4.69) is 15.5 Å². The lowest BCUT2D eigenvalue weighted by Gasteiger charge is -2.07. The maximum Gasteiger partial charge on any atom is 0.230 e. The summed E-state index contributed by atoms with van der Waals surface area (Å²) in [4.78, 5) is 11.6. The van der Waals surface area contributed by atoms with Crippen LogP contribution in [0.1, 0.15) is 13.8 Å². The highest BCUT2D eigenvalue weighted by Gasteiger charge is 2.13. The molecule has 1 aromatic carbocycles. The van der Waals surface area contributed by atoms with E-state index in [1.54, 1.807) is 0 Å². The van der Waals surface area contributed by atoms with Crippen LogP contribution < -0.4 is 5.32 Å². The molecule has 5 nitrogen and oxygen atoms in total. The number of hydrogen-bond acceptors (Lipinski definition) is 4. The summed E-state index contributed by atoms with van der Waals surface area (Å²) in [6.45, 7) is 3.87. The van der Waals surface area contributed by atoms with Crippen LogP contribution >= 0.6 is 23.4 Å². The lowest BCUT2D eigenvalue weighted by molar-refractivity contribution is -0.119. The van der Waals surface area contributed by atoms with E-state index in [-0.39, 0.29) is 11.9 Å². The first kappa shape index (κ1) is 15.9. The van der Waals surface area contributed by atoms with E-state index in [1.807, 2.05) is 49.7 Å². The Balaban J connectivity index is 2.07. The molecule has 0 atom stereocenters. The van der Waals surface area contributed by atoms with Gasteiger partial charge < -0.3 is 9.88 Å². The molecule has 7 heteroatoms. The van der Waals surface area contributed by atoms with Crippen LogP contribution in [0.25, 0.3) is 11.4 Å². The third-order valence-electron chi connectivity index (χ3n) is 2.72. The van der Waals surface area contributed by atoms with Crippen molar-refractivity contribution in [1.82, 2.24) is 20.1 Å². The van der Waals surface area contributed by atoms with E-state index >= 15 is 0 Å². The number of hydrogen-bond donors (Lipinski definition) is 1. The van der Waals surface area contributed by atoms with Gasteiger partial charge in [-0.25, -0.2) is 0 Å². The number of carbonyl (C=O) groups excluding carboxylic acids is 1. The maximum absolute atomic E-state index is 11.6. The van der Waals surface area contributed by atoms with Crippen molar-refractivity contribution in [2.24, 2.45) is 7.05 Å². The van der Waals surface area contributed by atoms with Gasteiger partial charge in [-0.05, 0) is 38.1 Å². The zero-order valence-corrected chi connectivity index (χ0v) is 13.7. The smallest absolute Gasteiger partial charge is 0.230 e. The molecule has 1 N–H and O–H groups in total. The molecule has 0 fully saturated rings. The molecule has 0 saturated heterocycles. The third kappa shape index (κ3) is 4.22. The van der Waals surface area contributed by atoms with Gasteiger partial charge in [-0.2, -0.15) is 0 Å². The lowest BCUT2D eigenvalue weighted by atomic mass is 10.2. The predicted molar refractivity (Wildman–Crippen MR) is 85.5 cm³/mol. The number of rotatable bonds is 5. The Morgan fingerprint density at radius 1 is 1.33 bits per heavy atom. The number of aromatic nitrogens is 3. The Kier molecular flexibility index (Phi) is 5.25. The number of amides is 1. The molecule has 0 saturated carbocycles. The molecule has 0 radical (unpaired) electrons. The molecule has 2 rings (SSSR count). The van der Waals surface area contributed by atoms with Crippen LogP contribution in [-0.4, -0.2) is 32.5 Å². The van der Waals surface area contributed by atoms with Crippen molar-refractivity contribution in [3.63, 3.8) is 0 Å². The first-order valence-corrected chi connectivity index (χ1v) is 7.91. The summed E-state index contributed by atoms with van der Waals surface area (Å²) in [6, 6.07) is 7.56. The average Bonchev–Trinajstić information content (AvgIpc) is 2.78. The molecule has 1 amide bonds. The van der Waals surface area contributed by atoms with Gasteiger partial charge in [0.05, 0.1) is 5.75 Å². The van der Waals surface area contributed by atoms with Crippen LogP contribution in [0.3, 0.4) is 0 Å². The predicted octanol–water partition coefficient (Wildman–Crippen LogP) is 2.75. The van der Waals surface area contributed by atoms with Crippen LogP contribution in [0.4, 0.5) is 0 Å². The van der Waals surface area contributed by atoms with Gasteiger partial charge in [0.15, 0.2) is 11.0 Å². The quantitative estimate of drug-likeness (QED) is 0.859. The Morgan fingerprint density at radius 2 is 2.00 bits per heavy atom. The van der Waals surface area contributed by atoms with Gasteiger partial charge in [0.2, 0.25) is 5.91 Å². The minimum absolute atomic E-state index is 0.00829. The van der Waals surface area contributed by atoms with Gasteiger partial charge in [0, 0.05) is 23.7 Å². The molecular formula is C14H17ClN4OS. The fourth-order valence-electron chi connectivity index (χ4n) is 1.78. The zero-order chi connectivity index (χ0) is 15.4. The Labute approximate surface area is 133 Å². The second kappa shape index (κ2) is 6.95. The molecule has 0 spiro atoms. The number of nitrogens with zero attached hydrogens (tertiary/aromatic N) is 3. The largest absolute Gasteiger partial charge is 0.353 e. The molecule has 0 aliphatic carbocycles. The molecule has 0 aliphatic rings. The number of halogens is 1. The molecule has 2 aromatic rings. The van der Waals surface area contributed by atoms with E-state index in [1.165, 1.54) is 11.8 Å². The number of benzene rings is 1. The van der Waals surface area contributed by atoms with E-state index in [0.717, 1.165) is 11.4 Å². The van der Waals surface area contributed by atoms with Gasteiger partial charge in [-0.1, -0.05) is 23.4 Å². The van der Waals surface area contributed by atoms with Crippen molar-refractivity contribution < 1.29 is 4.79 Å². The second-order valence-electron chi connectivity index (χ2n) is 4.88. The highest BCUT2D eigenvalue weighted by atomic mass is 35.5. The fraction of sp³-hybridized carbons (Fsp3) is 0.357. The maximum atomic E-state index is 11.6. The van der Waals surface area contributed by atoms with Crippen molar-refractivity contribution in [2.75, 3.05) is 5.75 Å². The van der Waals surface area contributed by atoms with Crippen LogP contribution in [0.2, 0.25) is 5.02 Å². The summed E-state index contributed by atoms with van der Waals surface area (Å²) in [6.07, 6.45) is 0. The fourth-order valence-corrected chi connectivity index (χ4v) is 2.63. The highest BCUT2D eigenvalue weighted by molar-refractivity contribution is 7.99. The third-order valence-corrected chi connectivity index (χ3v) is 3.99. The Bertz CT molecular complexity index is 624. The first-order valence-electron chi connectivity index (χ1n) is 6.55. The van der Waals surface area contributed by atoms with Crippen molar-refractivity contribution in [2.45, 2.75) is 25.0 Å². The normalized spacial score (nSPS) is 10.9. The summed E-state index contributed by atoms with van der Waals surface area (Å²) >= 11 is 7.25. The zero-order valence-electron chi connectivity index (χ0n) is 12.1. The SMILES string of the molecule is CC(C)NC(=O)CSc1nnc(-c2ccc(Cl)cc2)n1C. The summed E-state index contributed by atoms with van der Waals surface area (Å²) in [7, 11) is 1.88. The molecular weight excluding hydrogens is 308 g/mol. The number of nitrogens with one attached hydrogen (secondary N) is 1. The summed E-state index contributed by atoms with van der Waals surface area (Å²) in [5, 5.41) is 12.5. The van der Waals surface area contributed by atoms with Gasteiger partial charge in [-0.15, -0.1) is 10.2 Å². The number of thioether (sulfide) groups is 1. The van der Waals surface area contributed by atoms with E-state index < -0.39 is 0 Å². The van der Waals surface area contributed by atoms with Gasteiger partial charge in [0.25, 0.3) is 0 Å². The molecule has 1 aromatic heterocycles. The van der Waals surface area contributed by atoms with E-state index in [0.29, 0.717) is 15.9 Å². The van der Waals surface area contributed by atoms with Crippen molar-refractivity contribution >= 4 is 29.3 Å². The second-order valence-corrected chi connectivity index (χ2v) is 6.26. The topological polar surface area (TPSA) is 59.8 Å². The minimum atomic E-state index is -0.00829. The summed E-state index contributed by atoms with van der Waals surface area (Å²) in [5.41, 5.74) is 0.938. The van der Waals surface area contributed by atoms with Crippen molar-refractivity contribution in [1.29, 1.82) is 0 Å². The van der Waals surface area contributed by atoms with E-state index in [4.69, 9.17) is 11.6 Å². The Morgan fingerprint density at radius 3 is 2.62 bits per heavy atom. The van der Waals surface area contributed by atoms with Gasteiger partial charge in [-0.3, -0.25) is 4.79 Å². The molecule has 0 aliphatic heterocycles. The highest BCUT2D eigenvalue weighted by Crippen LogP contribution is 2.23. The van der Waals surface area contributed by atoms with Crippen LogP contribution in [0, 0.1) is 0 Å². The molecule has 0 unspecified atom stereocenters. The molecule has 1 heterocycles. The minimum Gasteiger partial charge on any atom is -0.353 e. The van der Waals surface area contributed by atoms with Crippen LogP contribution in [0.5, 0.6) is 0 Å². The van der Waals surface area contributed by atoms with Gasteiger partial charge in [0.1, 0.15) is 0 Å². The van der Waals surface area contributed by atoms with Crippen LogP contribution in [-0.2, 0) is 11.8 Å². The molecule has 112 valence electrons. The van der Waals surface area contributed by atoms with E-state index in [9.17, 15) is 4.79 Å². The molecule has 21 heavy (non-hydrogen) atoms. The number of carbonyl (C=O) groups is 1.